The summed E-state index contributed by atoms with van der Waals surface area (Å²) < 4.78 is 25.2. The van der Waals surface area contributed by atoms with Crippen LogP contribution >= 0.6 is 15.9 Å². The molecule has 0 aliphatic rings. The number of nitrogens with zero attached hydrogens (tertiary/aromatic N) is 1. The zero-order chi connectivity index (χ0) is 13.7. The maximum absolute atomic E-state index is 13.7. The fraction of sp³-hybridized carbons (Fsp3) is 0.214. The molecule has 3 nitrogen and oxygen atoms in total. The Morgan fingerprint density at radius 2 is 2.00 bits per heavy atom. The van der Waals surface area contributed by atoms with E-state index in [0.29, 0.717) is 22.6 Å². The smallest absolute Gasteiger partial charge is 0.256 e. The lowest BCUT2D eigenvalue weighted by Crippen LogP contribution is -1.98. The van der Waals surface area contributed by atoms with Gasteiger partial charge >= 0.3 is 0 Å². The summed E-state index contributed by atoms with van der Waals surface area (Å²) in [4.78, 5) is 3.89. The van der Waals surface area contributed by atoms with Gasteiger partial charge in [0.25, 0.3) is 5.88 Å². The van der Waals surface area contributed by atoms with Gasteiger partial charge in [-0.25, -0.2) is 9.37 Å². The van der Waals surface area contributed by atoms with Crippen LogP contribution in [0.25, 0.3) is 0 Å². The molecule has 0 atom stereocenters. The van der Waals surface area contributed by atoms with Crippen LogP contribution in [0.15, 0.2) is 41.0 Å². The van der Waals surface area contributed by atoms with Crippen molar-refractivity contribution in [2.45, 2.75) is 13.3 Å². The summed E-state index contributed by atoms with van der Waals surface area (Å²) in [6, 6.07) is 8.43. The van der Waals surface area contributed by atoms with Gasteiger partial charge < -0.3 is 9.47 Å². The molecular formula is C14H13BrFNO2. The maximum Gasteiger partial charge on any atom is 0.256 e. The number of hydrogen-bond acceptors (Lipinski definition) is 3. The largest absolute Gasteiger partial charge is 0.490 e. The van der Waals surface area contributed by atoms with E-state index in [-0.39, 0.29) is 5.88 Å². The first-order valence-electron chi connectivity index (χ1n) is 5.91. The van der Waals surface area contributed by atoms with Gasteiger partial charge in [-0.3, -0.25) is 0 Å². The van der Waals surface area contributed by atoms with E-state index in [2.05, 4.69) is 20.9 Å². The lowest BCUT2D eigenvalue weighted by atomic mass is 10.3. The second-order valence-corrected chi connectivity index (χ2v) is 4.75. The molecule has 0 saturated heterocycles. The van der Waals surface area contributed by atoms with Crippen LogP contribution in [0.3, 0.4) is 0 Å². The maximum atomic E-state index is 13.7. The average Bonchev–Trinajstić information content (AvgIpc) is 2.41. The standard InChI is InChI=1S/C14H13BrFNO2/c1-2-7-18-12-5-3-4-6-13(12)19-14-11(16)8-10(15)9-17-14/h3-6,8-9H,2,7H2,1H3. The molecule has 0 saturated carbocycles. The van der Waals surface area contributed by atoms with E-state index in [1.165, 1.54) is 12.3 Å². The summed E-state index contributed by atoms with van der Waals surface area (Å²) in [5, 5.41) is 0. The van der Waals surface area contributed by atoms with Gasteiger partial charge in [0.1, 0.15) is 0 Å². The van der Waals surface area contributed by atoms with Crippen LogP contribution in [0, 0.1) is 5.82 Å². The van der Waals surface area contributed by atoms with E-state index in [4.69, 9.17) is 9.47 Å². The van der Waals surface area contributed by atoms with Crippen LogP contribution in [-0.2, 0) is 0 Å². The molecule has 0 N–H and O–H groups in total. The van der Waals surface area contributed by atoms with Gasteiger partial charge in [0.2, 0.25) is 0 Å². The molecule has 0 aliphatic heterocycles. The number of aromatic nitrogens is 1. The Bertz CT molecular complexity index is 563. The van der Waals surface area contributed by atoms with Gasteiger partial charge in [-0.05, 0) is 40.5 Å². The molecule has 19 heavy (non-hydrogen) atoms. The number of halogens is 2. The van der Waals surface area contributed by atoms with Crippen LogP contribution < -0.4 is 9.47 Å². The molecule has 0 unspecified atom stereocenters. The van der Waals surface area contributed by atoms with E-state index in [1.807, 2.05) is 13.0 Å². The number of ether oxygens (including phenoxy) is 2. The van der Waals surface area contributed by atoms with Gasteiger partial charge in [0.15, 0.2) is 17.3 Å². The number of rotatable bonds is 5. The molecule has 0 fully saturated rings. The Balaban J connectivity index is 2.22. The van der Waals surface area contributed by atoms with E-state index in [0.717, 1.165) is 6.42 Å². The molecule has 0 spiro atoms. The topological polar surface area (TPSA) is 31.4 Å². The molecule has 1 heterocycles. The van der Waals surface area contributed by atoms with Crippen LogP contribution in [0.4, 0.5) is 4.39 Å². The zero-order valence-electron chi connectivity index (χ0n) is 10.4. The van der Waals surface area contributed by atoms with Crippen molar-refractivity contribution in [2.75, 3.05) is 6.61 Å². The number of hydrogen-bond donors (Lipinski definition) is 0. The van der Waals surface area contributed by atoms with Crippen molar-refractivity contribution in [2.24, 2.45) is 0 Å². The Labute approximate surface area is 119 Å². The van der Waals surface area contributed by atoms with Crippen molar-refractivity contribution in [1.29, 1.82) is 0 Å². The summed E-state index contributed by atoms with van der Waals surface area (Å²) in [6.07, 6.45) is 2.37. The van der Waals surface area contributed by atoms with Crippen molar-refractivity contribution in [3.05, 3.63) is 46.8 Å². The molecule has 0 amide bonds. The van der Waals surface area contributed by atoms with Crippen molar-refractivity contribution in [3.63, 3.8) is 0 Å². The predicted octanol–water partition coefficient (Wildman–Crippen LogP) is 4.56. The SMILES string of the molecule is CCCOc1ccccc1Oc1ncc(Br)cc1F. The predicted molar refractivity (Wildman–Crippen MR) is 74.2 cm³/mol. The molecule has 1 aromatic heterocycles. The Hall–Kier alpha value is -1.62. The Kier molecular flexibility index (Phi) is 4.74. The highest BCUT2D eigenvalue weighted by atomic mass is 79.9. The minimum Gasteiger partial charge on any atom is -0.490 e. The van der Waals surface area contributed by atoms with Gasteiger partial charge in [0.05, 0.1) is 6.61 Å². The summed E-state index contributed by atoms with van der Waals surface area (Å²) in [5.74, 6) is 0.425. The first-order chi connectivity index (χ1) is 9.20. The summed E-state index contributed by atoms with van der Waals surface area (Å²) in [5.41, 5.74) is 0. The van der Waals surface area contributed by atoms with Crippen LogP contribution in [0.1, 0.15) is 13.3 Å². The highest BCUT2D eigenvalue weighted by Crippen LogP contribution is 2.32. The highest BCUT2D eigenvalue weighted by Gasteiger charge is 2.10. The lowest BCUT2D eigenvalue weighted by Gasteiger charge is -2.11. The molecular weight excluding hydrogens is 313 g/mol. The minimum absolute atomic E-state index is 0.0734. The van der Waals surface area contributed by atoms with Gasteiger partial charge in [-0.15, -0.1) is 0 Å². The summed E-state index contributed by atoms with van der Waals surface area (Å²) in [7, 11) is 0. The summed E-state index contributed by atoms with van der Waals surface area (Å²) >= 11 is 3.15. The quantitative estimate of drug-likeness (QED) is 0.807. The molecule has 0 aliphatic carbocycles. The van der Waals surface area contributed by atoms with Gasteiger partial charge in [0, 0.05) is 10.7 Å². The van der Waals surface area contributed by atoms with Crippen molar-refractivity contribution >= 4 is 15.9 Å². The number of pyridine rings is 1. The number of benzene rings is 1. The van der Waals surface area contributed by atoms with Crippen LogP contribution in [-0.4, -0.2) is 11.6 Å². The zero-order valence-corrected chi connectivity index (χ0v) is 12.0. The highest BCUT2D eigenvalue weighted by molar-refractivity contribution is 9.10. The fourth-order valence-electron chi connectivity index (χ4n) is 1.45. The molecule has 5 heteroatoms. The van der Waals surface area contributed by atoms with E-state index in [9.17, 15) is 4.39 Å². The number of para-hydroxylation sites is 2. The molecule has 1 aromatic carbocycles. The molecule has 100 valence electrons. The van der Waals surface area contributed by atoms with Crippen molar-refractivity contribution < 1.29 is 13.9 Å². The first kappa shape index (κ1) is 13.8. The third kappa shape index (κ3) is 3.67. The molecule has 0 radical (unpaired) electrons. The molecule has 0 bridgehead atoms. The first-order valence-corrected chi connectivity index (χ1v) is 6.70. The molecule has 2 aromatic rings. The average molecular weight is 326 g/mol. The third-order valence-electron chi connectivity index (χ3n) is 2.29. The van der Waals surface area contributed by atoms with E-state index in [1.54, 1.807) is 18.2 Å². The van der Waals surface area contributed by atoms with Gasteiger partial charge in [-0.1, -0.05) is 19.1 Å². The van der Waals surface area contributed by atoms with Crippen molar-refractivity contribution in [3.8, 4) is 17.4 Å². The van der Waals surface area contributed by atoms with Gasteiger partial charge in [-0.2, -0.15) is 0 Å². The monoisotopic (exact) mass is 325 g/mol. The van der Waals surface area contributed by atoms with Crippen LogP contribution in [0.5, 0.6) is 17.4 Å². The van der Waals surface area contributed by atoms with E-state index >= 15 is 0 Å². The minimum atomic E-state index is -0.528. The third-order valence-corrected chi connectivity index (χ3v) is 2.73. The Morgan fingerprint density at radius 1 is 1.26 bits per heavy atom. The normalized spacial score (nSPS) is 10.3. The fourth-order valence-corrected chi connectivity index (χ4v) is 1.75. The Morgan fingerprint density at radius 3 is 2.68 bits per heavy atom. The lowest BCUT2D eigenvalue weighted by molar-refractivity contribution is 0.298. The second kappa shape index (κ2) is 6.52. The molecule has 2 rings (SSSR count). The van der Waals surface area contributed by atoms with E-state index < -0.39 is 5.82 Å². The second-order valence-electron chi connectivity index (χ2n) is 3.84. The van der Waals surface area contributed by atoms with Crippen molar-refractivity contribution in [1.82, 2.24) is 4.98 Å². The summed E-state index contributed by atoms with van der Waals surface area (Å²) in [6.45, 7) is 2.59. The van der Waals surface area contributed by atoms with Crippen LogP contribution in [0.2, 0.25) is 0 Å².